The molecule has 0 atom stereocenters. The molecule has 0 aliphatic heterocycles. The standard InChI is InChI=1S/C4H6O8.Na/c5-1(6)3(9,10)4(11,12)2(7)8;/h9-12H,(H,5,6)(H,7,8);/q;+1. The molecule has 13 heavy (non-hydrogen) atoms. The Balaban J connectivity index is 0. The topological polar surface area (TPSA) is 156 Å². The third kappa shape index (κ3) is 2.61. The van der Waals surface area contributed by atoms with E-state index in [9.17, 15) is 9.59 Å². The average Bonchev–Trinajstić information content (AvgIpc) is 1.86. The minimum absolute atomic E-state index is 0. The Hall–Kier alpha value is -0.220. The summed E-state index contributed by atoms with van der Waals surface area (Å²) in [5.41, 5.74) is 0. The molecule has 0 fully saturated rings. The minimum atomic E-state index is -4.15. The third-order valence-electron chi connectivity index (χ3n) is 1.08. The van der Waals surface area contributed by atoms with Crippen molar-refractivity contribution in [3.63, 3.8) is 0 Å². The van der Waals surface area contributed by atoms with E-state index in [2.05, 4.69) is 0 Å². The van der Waals surface area contributed by atoms with Crippen LogP contribution in [-0.2, 0) is 9.59 Å². The molecule has 0 bridgehead atoms. The molecule has 0 radical (unpaired) electrons. The zero-order valence-electron chi connectivity index (χ0n) is 6.50. The summed E-state index contributed by atoms with van der Waals surface area (Å²) in [7, 11) is 0. The molecule has 0 aliphatic carbocycles. The van der Waals surface area contributed by atoms with Crippen molar-refractivity contribution in [2.45, 2.75) is 11.6 Å². The Bertz CT molecular complexity index is 196. The van der Waals surface area contributed by atoms with Gasteiger partial charge in [0.1, 0.15) is 0 Å². The van der Waals surface area contributed by atoms with Gasteiger partial charge in [-0.1, -0.05) is 0 Å². The summed E-state index contributed by atoms with van der Waals surface area (Å²) < 4.78 is 0. The smallest absolute Gasteiger partial charge is 0.477 e. The van der Waals surface area contributed by atoms with Crippen LogP contribution < -0.4 is 29.6 Å². The number of aliphatic carboxylic acids is 2. The summed E-state index contributed by atoms with van der Waals surface area (Å²) in [6, 6.07) is 0. The molecule has 0 spiro atoms. The predicted molar refractivity (Wildman–Crippen MR) is 29.6 cm³/mol. The zero-order chi connectivity index (χ0) is 10.2. The molecule has 0 aromatic carbocycles. The van der Waals surface area contributed by atoms with Gasteiger partial charge in [0.15, 0.2) is 0 Å². The average molecular weight is 205 g/mol. The molecule has 0 heterocycles. The van der Waals surface area contributed by atoms with E-state index >= 15 is 0 Å². The van der Waals surface area contributed by atoms with E-state index in [0.717, 1.165) is 0 Å². The SMILES string of the molecule is O=C(O)C(O)(O)C(O)(O)C(=O)O.[Na+]. The van der Waals surface area contributed by atoms with Crippen molar-refractivity contribution in [3.05, 3.63) is 0 Å². The molecule has 8 nitrogen and oxygen atoms in total. The molecular formula is C4H6NaO8+. The van der Waals surface area contributed by atoms with Gasteiger partial charge in [-0.2, -0.15) is 0 Å². The second-order valence-electron chi connectivity index (χ2n) is 1.95. The second kappa shape index (κ2) is 4.33. The molecular weight excluding hydrogens is 199 g/mol. The summed E-state index contributed by atoms with van der Waals surface area (Å²) >= 11 is 0. The third-order valence-corrected chi connectivity index (χ3v) is 1.08. The number of carbonyl (C=O) groups is 2. The Kier molecular flexibility index (Phi) is 5.08. The van der Waals surface area contributed by atoms with E-state index < -0.39 is 23.5 Å². The molecule has 0 saturated carbocycles. The van der Waals surface area contributed by atoms with E-state index in [1.165, 1.54) is 0 Å². The Morgan fingerprint density at radius 3 is 1.00 bits per heavy atom. The van der Waals surface area contributed by atoms with Crippen LogP contribution in [0.15, 0.2) is 0 Å². The van der Waals surface area contributed by atoms with Gasteiger partial charge in [-0.3, -0.25) is 0 Å². The fourth-order valence-corrected chi connectivity index (χ4v) is 0.298. The van der Waals surface area contributed by atoms with Crippen LogP contribution in [0.25, 0.3) is 0 Å². The number of rotatable bonds is 3. The maximum Gasteiger partial charge on any atom is 1.00 e. The summed E-state index contributed by atoms with van der Waals surface area (Å²) in [5, 5.41) is 49.3. The summed E-state index contributed by atoms with van der Waals surface area (Å²) in [6.45, 7) is 0. The van der Waals surface area contributed by atoms with Crippen LogP contribution in [0.3, 0.4) is 0 Å². The van der Waals surface area contributed by atoms with Crippen LogP contribution >= 0.6 is 0 Å². The molecule has 0 unspecified atom stereocenters. The predicted octanol–water partition coefficient (Wildman–Crippen LogP) is -6.48. The largest absolute Gasteiger partial charge is 1.00 e. The van der Waals surface area contributed by atoms with Crippen molar-refractivity contribution in [3.8, 4) is 0 Å². The zero-order valence-corrected chi connectivity index (χ0v) is 8.50. The molecule has 0 rings (SSSR count). The van der Waals surface area contributed by atoms with Gasteiger partial charge in [-0.25, -0.2) is 9.59 Å². The van der Waals surface area contributed by atoms with Gasteiger partial charge < -0.3 is 30.6 Å². The van der Waals surface area contributed by atoms with E-state index in [1.54, 1.807) is 0 Å². The van der Waals surface area contributed by atoms with E-state index in [4.69, 9.17) is 30.6 Å². The second-order valence-corrected chi connectivity index (χ2v) is 1.95. The van der Waals surface area contributed by atoms with Crippen molar-refractivity contribution in [2.24, 2.45) is 0 Å². The first-order valence-corrected chi connectivity index (χ1v) is 2.50. The van der Waals surface area contributed by atoms with Crippen LogP contribution in [0.2, 0.25) is 0 Å². The Labute approximate surface area is 93.3 Å². The first kappa shape index (κ1) is 15.3. The number of aliphatic hydroxyl groups is 4. The molecule has 6 N–H and O–H groups in total. The van der Waals surface area contributed by atoms with Gasteiger partial charge in [0, 0.05) is 0 Å². The monoisotopic (exact) mass is 205 g/mol. The van der Waals surface area contributed by atoms with E-state index in [0.29, 0.717) is 0 Å². The van der Waals surface area contributed by atoms with Gasteiger partial charge in [-0.15, -0.1) is 0 Å². The molecule has 0 aromatic rings. The Morgan fingerprint density at radius 1 is 0.769 bits per heavy atom. The van der Waals surface area contributed by atoms with Gasteiger partial charge in [-0.05, 0) is 0 Å². The molecule has 9 heteroatoms. The first-order chi connectivity index (χ1) is 5.14. The van der Waals surface area contributed by atoms with Gasteiger partial charge >= 0.3 is 53.1 Å². The van der Waals surface area contributed by atoms with Crippen molar-refractivity contribution in [1.29, 1.82) is 0 Å². The van der Waals surface area contributed by atoms with Crippen molar-refractivity contribution >= 4 is 11.9 Å². The normalized spacial score (nSPS) is 11.7. The molecule has 70 valence electrons. The number of carboxylic acid groups (broad SMARTS) is 2. The number of hydrogen-bond acceptors (Lipinski definition) is 6. The quantitative estimate of drug-likeness (QED) is 0.196. The van der Waals surface area contributed by atoms with Gasteiger partial charge in [0.25, 0.3) is 0 Å². The fourth-order valence-electron chi connectivity index (χ4n) is 0.298. The number of carboxylic acids is 2. The summed E-state index contributed by atoms with van der Waals surface area (Å²) in [5.74, 6) is -13.3. The van der Waals surface area contributed by atoms with Crippen molar-refractivity contribution < 1.29 is 69.8 Å². The maximum atomic E-state index is 9.89. The van der Waals surface area contributed by atoms with E-state index in [-0.39, 0.29) is 29.6 Å². The Morgan fingerprint density at radius 2 is 0.923 bits per heavy atom. The van der Waals surface area contributed by atoms with E-state index in [1.807, 2.05) is 0 Å². The molecule has 0 aliphatic rings. The summed E-state index contributed by atoms with van der Waals surface area (Å²) in [4.78, 5) is 19.8. The molecule has 0 amide bonds. The van der Waals surface area contributed by atoms with Crippen molar-refractivity contribution in [1.82, 2.24) is 0 Å². The van der Waals surface area contributed by atoms with Crippen LogP contribution in [0, 0.1) is 0 Å². The van der Waals surface area contributed by atoms with Crippen LogP contribution in [0.1, 0.15) is 0 Å². The summed E-state index contributed by atoms with van der Waals surface area (Å²) in [6.07, 6.45) is 0. The van der Waals surface area contributed by atoms with Gasteiger partial charge in [0.2, 0.25) is 0 Å². The molecule has 0 saturated heterocycles. The first-order valence-electron chi connectivity index (χ1n) is 2.50. The van der Waals surface area contributed by atoms with Crippen LogP contribution in [0.5, 0.6) is 0 Å². The maximum absolute atomic E-state index is 9.89. The van der Waals surface area contributed by atoms with Crippen molar-refractivity contribution in [2.75, 3.05) is 0 Å². The number of hydrogen-bond donors (Lipinski definition) is 6. The molecule has 0 aromatic heterocycles. The van der Waals surface area contributed by atoms with Gasteiger partial charge in [0.05, 0.1) is 0 Å². The van der Waals surface area contributed by atoms with Crippen LogP contribution in [0.4, 0.5) is 0 Å². The fraction of sp³-hybridized carbons (Fsp3) is 0.500. The minimum Gasteiger partial charge on any atom is -0.477 e. The van der Waals surface area contributed by atoms with Crippen LogP contribution in [-0.4, -0.2) is 54.2 Å².